The molecule has 8 heteroatoms. The van der Waals surface area contributed by atoms with Crippen LogP contribution in [-0.4, -0.2) is 37.6 Å². The van der Waals surface area contributed by atoms with E-state index in [1.165, 1.54) is 11.2 Å². The maximum atomic E-state index is 13.5. The minimum absolute atomic E-state index is 0.0530. The second-order valence-corrected chi connectivity index (χ2v) is 10.7. The highest BCUT2D eigenvalue weighted by molar-refractivity contribution is 7.89. The van der Waals surface area contributed by atoms with Crippen LogP contribution in [0.4, 0.5) is 5.69 Å². The molecule has 2 amide bonds. The van der Waals surface area contributed by atoms with Crippen molar-refractivity contribution in [1.82, 2.24) is 9.62 Å². The summed E-state index contributed by atoms with van der Waals surface area (Å²) in [7, 11) is -3.90. The van der Waals surface area contributed by atoms with Crippen molar-refractivity contribution in [1.29, 1.82) is 0 Å². The van der Waals surface area contributed by atoms with E-state index in [0.717, 1.165) is 16.7 Å². The van der Waals surface area contributed by atoms with E-state index in [0.29, 0.717) is 25.9 Å². The molecular formula is C24H31N3O4S. The summed E-state index contributed by atoms with van der Waals surface area (Å²) in [5.74, 6) is -0.503. The van der Waals surface area contributed by atoms with E-state index in [-0.39, 0.29) is 28.9 Å². The summed E-state index contributed by atoms with van der Waals surface area (Å²) < 4.78 is 28.4. The summed E-state index contributed by atoms with van der Waals surface area (Å²) >= 11 is 0. The third-order valence-electron chi connectivity index (χ3n) is 5.98. The van der Waals surface area contributed by atoms with E-state index in [1.54, 1.807) is 25.1 Å². The zero-order chi connectivity index (χ0) is 23.5. The summed E-state index contributed by atoms with van der Waals surface area (Å²) in [5, 5.41) is 5.60. The quantitative estimate of drug-likeness (QED) is 0.695. The number of amides is 2. The Kier molecular flexibility index (Phi) is 7.05. The highest BCUT2D eigenvalue weighted by Gasteiger charge is 2.42. The fraction of sp³-hybridized carbons (Fsp3) is 0.417. The summed E-state index contributed by atoms with van der Waals surface area (Å²) in [6, 6.07) is 12.8. The molecule has 0 unspecified atom stereocenters. The molecule has 2 aromatic rings. The Hall–Kier alpha value is -2.71. The average molecular weight is 458 g/mol. The van der Waals surface area contributed by atoms with Gasteiger partial charge < -0.3 is 10.6 Å². The Morgan fingerprint density at radius 3 is 2.53 bits per heavy atom. The molecule has 3 rings (SSSR count). The summed E-state index contributed by atoms with van der Waals surface area (Å²) in [5.41, 5.74) is 2.31. The van der Waals surface area contributed by atoms with E-state index in [9.17, 15) is 18.0 Å². The standard InChI is InChI=1S/C24H31N3O4S/c1-17-10-11-21(26-19(3)28)22(14-17)32(30,31)27-13-7-12-24(4,16-27)23(29)25-15-20-9-6-5-8-18(20)2/h5-6,8-11,14H,7,12-13,15-16H2,1-4H3,(H,25,29)(H,26,28)/t24-/m1/s1. The monoisotopic (exact) mass is 457 g/mol. The highest BCUT2D eigenvalue weighted by Crippen LogP contribution is 2.35. The van der Waals surface area contributed by atoms with Crippen LogP contribution >= 0.6 is 0 Å². The second-order valence-electron chi connectivity index (χ2n) is 8.79. The van der Waals surface area contributed by atoms with Gasteiger partial charge in [0, 0.05) is 26.6 Å². The number of nitrogens with one attached hydrogen (secondary N) is 2. The number of anilines is 1. The van der Waals surface area contributed by atoms with Gasteiger partial charge >= 0.3 is 0 Å². The Balaban J connectivity index is 1.81. The molecule has 1 aliphatic heterocycles. The molecule has 32 heavy (non-hydrogen) atoms. The molecule has 1 fully saturated rings. The van der Waals surface area contributed by atoms with Crippen LogP contribution < -0.4 is 10.6 Å². The van der Waals surface area contributed by atoms with Gasteiger partial charge in [-0.1, -0.05) is 30.3 Å². The zero-order valence-corrected chi connectivity index (χ0v) is 19.9. The largest absolute Gasteiger partial charge is 0.352 e. The number of rotatable bonds is 6. The van der Waals surface area contributed by atoms with Gasteiger partial charge in [-0.15, -0.1) is 0 Å². The Labute approximate surface area is 190 Å². The van der Waals surface area contributed by atoms with Gasteiger partial charge in [0.1, 0.15) is 4.90 Å². The van der Waals surface area contributed by atoms with Gasteiger partial charge in [-0.05, 0) is 62.4 Å². The van der Waals surface area contributed by atoms with Crippen molar-refractivity contribution in [3.8, 4) is 0 Å². The normalized spacial score (nSPS) is 19.4. The van der Waals surface area contributed by atoms with Gasteiger partial charge in [-0.2, -0.15) is 4.31 Å². The summed E-state index contributed by atoms with van der Waals surface area (Å²) in [6.07, 6.45) is 1.18. The van der Waals surface area contributed by atoms with Crippen LogP contribution in [0.15, 0.2) is 47.4 Å². The molecular weight excluding hydrogens is 426 g/mol. The zero-order valence-electron chi connectivity index (χ0n) is 19.1. The first-order chi connectivity index (χ1) is 15.0. The molecule has 0 aliphatic carbocycles. The predicted octanol–water partition coefficient (Wildman–Crippen LogP) is 3.37. The van der Waals surface area contributed by atoms with Crippen molar-refractivity contribution >= 4 is 27.5 Å². The van der Waals surface area contributed by atoms with Crippen molar-refractivity contribution in [3.05, 3.63) is 59.2 Å². The minimum atomic E-state index is -3.90. The molecule has 1 aliphatic rings. The molecule has 0 aromatic heterocycles. The number of piperidine rings is 1. The summed E-state index contributed by atoms with van der Waals surface area (Å²) in [4.78, 5) is 24.7. The molecule has 172 valence electrons. The van der Waals surface area contributed by atoms with Gasteiger partial charge in [-0.25, -0.2) is 8.42 Å². The van der Waals surface area contributed by atoms with Crippen LogP contribution in [-0.2, 0) is 26.2 Å². The van der Waals surface area contributed by atoms with E-state index >= 15 is 0 Å². The summed E-state index contributed by atoms with van der Waals surface area (Å²) in [6.45, 7) is 7.76. The van der Waals surface area contributed by atoms with Gasteiger partial charge in [0.25, 0.3) is 0 Å². The first kappa shape index (κ1) is 23.9. The maximum absolute atomic E-state index is 13.5. The van der Waals surface area contributed by atoms with Gasteiger partial charge in [0.15, 0.2) is 0 Å². The van der Waals surface area contributed by atoms with Crippen molar-refractivity contribution < 1.29 is 18.0 Å². The van der Waals surface area contributed by atoms with E-state index in [2.05, 4.69) is 10.6 Å². The lowest BCUT2D eigenvalue weighted by molar-refractivity contribution is -0.132. The lowest BCUT2D eigenvalue weighted by Crippen LogP contribution is -2.51. The Morgan fingerprint density at radius 1 is 1.12 bits per heavy atom. The number of nitrogens with zero attached hydrogens (tertiary/aromatic N) is 1. The minimum Gasteiger partial charge on any atom is -0.352 e. The number of sulfonamides is 1. The van der Waals surface area contributed by atoms with Crippen LogP contribution in [0.25, 0.3) is 0 Å². The first-order valence-corrected chi connectivity index (χ1v) is 12.2. The molecule has 1 heterocycles. The fourth-order valence-electron chi connectivity index (χ4n) is 4.06. The van der Waals surface area contributed by atoms with Gasteiger partial charge in [-0.3, -0.25) is 9.59 Å². The number of benzene rings is 2. The van der Waals surface area contributed by atoms with Crippen LogP contribution in [0, 0.1) is 19.3 Å². The third-order valence-corrected chi connectivity index (χ3v) is 7.86. The molecule has 0 bridgehead atoms. The van der Waals surface area contributed by atoms with Crippen molar-refractivity contribution in [2.24, 2.45) is 5.41 Å². The molecule has 7 nitrogen and oxygen atoms in total. The SMILES string of the molecule is CC(=O)Nc1ccc(C)cc1S(=O)(=O)N1CCC[C@@](C)(C(=O)NCc2ccccc2C)C1. The second kappa shape index (κ2) is 9.42. The smallest absolute Gasteiger partial charge is 0.245 e. The predicted molar refractivity (Wildman–Crippen MR) is 125 cm³/mol. The van der Waals surface area contributed by atoms with Gasteiger partial charge in [0.05, 0.1) is 11.1 Å². The molecule has 0 saturated carbocycles. The van der Waals surface area contributed by atoms with E-state index < -0.39 is 15.4 Å². The number of hydrogen-bond donors (Lipinski definition) is 2. The lowest BCUT2D eigenvalue weighted by Gasteiger charge is -2.38. The number of carbonyl (C=O) groups excluding carboxylic acids is 2. The van der Waals surface area contributed by atoms with Gasteiger partial charge in [0.2, 0.25) is 21.8 Å². The molecule has 2 aromatic carbocycles. The molecule has 2 N–H and O–H groups in total. The number of carbonyl (C=O) groups is 2. The first-order valence-electron chi connectivity index (χ1n) is 10.7. The topological polar surface area (TPSA) is 95.6 Å². The van der Waals surface area contributed by atoms with Crippen LogP contribution in [0.3, 0.4) is 0 Å². The number of hydrogen-bond acceptors (Lipinski definition) is 4. The molecule has 1 saturated heterocycles. The van der Waals surface area contributed by atoms with Crippen LogP contribution in [0.2, 0.25) is 0 Å². The maximum Gasteiger partial charge on any atom is 0.245 e. The highest BCUT2D eigenvalue weighted by atomic mass is 32.2. The molecule has 0 spiro atoms. The lowest BCUT2D eigenvalue weighted by atomic mass is 9.82. The number of aryl methyl sites for hydroxylation is 2. The third kappa shape index (κ3) is 5.19. The van der Waals surface area contributed by atoms with Crippen LogP contribution in [0.1, 0.15) is 43.4 Å². The molecule has 0 radical (unpaired) electrons. The van der Waals surface area contributed by atoms with Crippen molar-refractivity contribution in [3.63, 3.8) is 0 Å². The van der Waals surface area contributed by atoms with Crippen LogP contribution in [0.5, 0.6) is 0 Å². The van der Waals surface area contributed by atoms with E-state index in [1.807, 2.05) is 38.1 Å². The van der Waals surface area contributed by atoms with Crippen molar-refractivity contribution in [2.45, 2.75) is 52.0 Å². The molecule has 1 atom stereocenters. The average Bonchev–Trinajstić information content (AvgIpc) is 2.74. The fourth-order valence-corrected chi connectivity index (χ4v) is 5.89. The Bertz CT molecular complexity index is 1130. The van der Waals surface area contributed by atoms with Crippen molar-refractivity contribution in [2.75, 3.05) is 18.4 Å². The van der Waals surface area contributed by atoms with E-state index in [4.69, 9.17) is 0 Å². The Morgan fingerprint density at radius 2 is 1.84 bits per heavy atom.